The van der Waals surface area contributed by atoms with E-state index in [-0.39, 0.29) is 11.8 Å². The minimum absolute atomic E-state index is 0.162. The molecule has 0 radical (unpaired) electrons. The second kappa shape index (κ2) is 9.60. The van der Waals surface area contributed by atoms with Crippen LogP contribution in [-0.2, 0) is 0 Å². The molecule has 0 unspecified atom stereocenters. The van der Waals surface area contributed by atoms with Crippen molar-refractivity contribution in [2.75, 3.05) is 14.2 Å². The van der Waals surface area contributed by atoms with Gasteiger partial charge in [-0.05, 0) is 54.6 Å². The largest absolute Gasteiger partial charge is 0.497 e. The molecular weight excluding hydrogens is 449 g/mol. The molecule has 0 saturated carbocycles. The van der Waals surface area contributed by atoms with Crippen LogP contribution in [0.5, 0.6) is 23.3 Å². The zero-order valence-electron chi connectivity index (χ0n) is 18.9. The Labute approximate surface area is 200 Å². The van der Waals surface area contributed by atoms with Gasteiger partial charge in [0.2, 0.25) is 0 Å². The van der Waals surface area contributed by atoms with E-state index in [9.17, 15) is 4.39 Å². The van der Waals surface area contributed by atoms with Crippen LogP contribution in [-0.4, -0.2) is 39.2 Å². The molecule has 0 atom stereocenters. The number of benzene rings is 3. The van der Waals surface area contributed by atoms with E-state index in [1.54, 1.807) is 55.4 Å². The van der Waals surface area contributed by atoms with Crippen LogP contribution in [0.15, 0.2) is 85.1 Å². The Morgan fingerprint density at radius 2 is 1.63 bits per heavy atom. The minimum atomic E-state index is -0.350. The highest BCUT2D eigenvalue weighted by atomic mass is 19.1. The quantitative estimate of drug-likeness (QED) is 0.318. The van der Waals surface area contributed by atoms with Crippen LogP contribution in [0.25, 0.3) is 28.3 Å². The van der Waals surface area contributed by atoms with E-state index >= 15 is 0 Å². The first-order chi connectivity index (χ1) is 17.2. The lowest BCUT2D eigenvalue weighted by Gasteiger charge is -2.13. The smallest absolute Gasteiger partial charge is 0.322 e. The number of methoxy groups -OCH3 is 2. The number of nitrogens with zero attached hydrogens (tertiary/aromatic N) is 5. The lowest BCUT2D eigenvalue weighted by molar-refractivity contribution is 0.392. The van der Waals surface area contributed by atoms with Crippen LogP contribution in [0.2, 0.25) is 0 Å². The van der Waals surface area contributed by atoms with Crippen molar-refractivity contribution in [2.24, 2.45) is 0 Å². The number of halogens is 1. The van der Waals surface area contributed by atoms with Gasteiger partial charge in [0.25, 0.3) is 0 Å². The Morgan fingerprint density at radius 1 is 0.829 bits per heavy atom. The van der Waals surface area contributed by atoms with Crippen molar-refractivity contribution in [3.63, 3.8) is 0 Å². The van der Waals surface area contributed by atoms with Crippen LogP contribution < -0.4 is 14.2 Å². The maximum absolute atomic E-state index is 13.7. The molecule has 0 amide bonds. The van der Waals surface area contributed by atoms with E-state index in [1.165, 1.54) is 12.1 Å². The number of ether oxygens (including phenoxy) is 3. The highest BCUT2D eigenvalue weighted by molar-refractivity contribution is 5.78. The van der Waals surface area contributed by atoms with Crippen LogP contribution in [0, 0.1) is 5.82 Å². The number of hydrogen-bond donors (Lipinski definition) is 0. The van der Waals surface area contributed by atoms with Crippen molar-refractivity contribution in [1.82, 2.24) is 25.0 Å². The maximum Gasteiger partial charge on any atom is 0.322 e. The number of para-hydroxylation sites is 1. The second-order valence-corrected chi connectivity index (χ2v) is 7.38. The Bertz CT molecular complexity index is 1460. The third kappa shape index (κ3) is 4.51. The average Bonchev–Trinajstić information content (AvgIpc) is 3.34. The minimum Gasteiger partial charge on any atom is -0.497 e. The summed E-state index contributed by atoms with van der Waals surface area (Å²) in [6.07, 6.45) is 1.59. The predicted octanol–water partition coefficient (Wildman–Crippen LogP) is 5.34. The molecule has 0 saturated heterocycles. The molecule has 0 bridgehead atoms. The van der Waals surface area contributed by atoms with Gasteiger partial charge in [0.05, 0.1) is 14.2 Å². The molecule has 0 aliphatic rings. The molecule has 9 heteroatoms. The topological polar surface area (TPSA) is 84.2 Å². The molecule has 8 nitrogen and oxygen atoms in total. The molecule has 2 aromatic heterocycles. The van der Waals surface area contributed by atoms with Gasteiger partial charge in [0.1, 0.15) is 45.8 Å². The Kier molecular flexibility index (Phi) is 6.04. The maximum atomic E-state index is 13.7. The van der Waals surface area contributed by atoms with Gasteiger partial charge in [-0.15, -0.1) is 5.10 Å². The van der Waals surface area contributed by atoms with Crippen molar-refractivity contribution >= 4 is 0 Å². The van der Waals surface area contributed by atoms with Crippen molar-refractivity contribution in [3.05, 3.63) is 90.9 Å². The molecular formula is C26H20FN5O3. The average molecular weight is 469 g/mol. The first-order valence-electron chi connectivity index (χ1n) is 10.7. The fourth-order valence-electron chi connectivity index (χ4n) is 3.57. The van der Waals surface area contributed by atoms with E-state index in [0.29, 0.717) is 45.6 Å². The van der Waals surface area contributed by atoms with Crippen LogP contribution >= 0.6 is 0 Å². The Morgan fingerprint density at radius 3 is 2.37 bits per heavy atom. The summed E-state index contributed by atoms with van der Waals surface area (Å²) in [5.74, 6) is 1.42. The van der Waals surface area contributed by atoms with Gasteiger partial charge in [0.15, 0.2) is 0 Å². The van der Waals surface area contributed by atoms with Gasteiger partial charge in [-0.1, -0.05) is 23.4 Å². The normalized spacial score (nSPS) is 10.7. The lowest BCUT2D eigenvalue weighted by Crippen LogP contribution is -2.03. The van der Waals surface area contributed by atoms with Gasteiger partial charge in [-0.2, -0.15) is 4.98 Å². The van der Waals surface area contributed by atoms with Gasteiger partial charge in [-0.25, -0.2) is 14.1 Å². The summed E-state index contributed by atoms with van der Waals surface area (Å²) in [4.78, 5) is 8.76. The fraction of sp³-hybridized carbons (Fsp3) is 0.0769. The first kappa shape index (κ1) is 22.0. The van der Waals surface area contributed by atoms with Crippen LogP contribution in [0.1, 0.15) is 0 Å². The van der Waals surface area contributed by atoms with Crippen molar-refractivity contribution in [3.8, 4) is 51.6 Å². The molecule has 174 valence electrons. The Hall–Kier alpha value is -4.79. The zero-order chi connectivity index (χ0) is 24.2. The molecule has 0 spiro atoms. The van der Waals surface area contributed by atoms with Crippen molar-refractivity contribution in [1.29, 1.82) is 0 Å². The predicted molar refractivity (Wildman–Crippen MR) is 127 cm³/mol. The number of rotatable bonds is 7. The summed E-state index contributed by atoms with van der Waals surface area (Å²) in [6.45, 7) is 0. The molecule has 0 fully saturated rings. The van der Waals surface area contributed by atoms with E-state index in [0.717, 1.165) is 0 Å². The van der Waals surface area contributed by atoms with E-state index in [2.05, 4.69) is 20.3 Å². The van der Waals surface area contributed by atoms with Gasteiger partial charge < -0.3 is 14.2 Å². The standard InChI is InChI=1S/C26H20FN5O3/c1-33-20-12-13-22(23(16-20)34-2)32-25(17-8-10-18(27)11-9-17)24(30-31-32)21-14-15-28-26(29-21)35-19-6-4-3-5-7-19/h3-16H,1-2H3. The van der Waals surface area contributed by atoms with Crippen molar-refractivity contribution < 1.29 is 18.6 Å². The molecule has 0 aliphatic heterocycles. The van der Waals surface area contributed by atoms with Crippen LogP contribution in [0.3, 0.4) is 0 Å². The van der Waals surface area contributed by atoms with E-state index < -0.39 is 0 Å². The molecule has 0 N–H and O–H groups in total. The van der Waals surface area contributed by atoms with Crippen molar-refractivity contribution in [2.45, 2.75) is 0 Å². The molecule has 0 aliphatic carbocycles. The van der Waals surface area contributed by atoms with Gasteiger partial charge in [0, 0.05) is 17.8 Å². The monoisotopic (exact) mass is 469 g/mol. The Balaban J connectivity index is 1.65. The summed E-state index contributed by atoms with van der Waals surface area (Å²) < 4.78 is 32.0. The van der Waals surface area contributed by atoms with Crippen LogP contribution in [0.4, 0.5) is 4.39 Å². The number of hydrogen-bond acceptors (Lipinski definition) is 7. The highest BCUT2D eigenvalue weighted by Gasteiger charge is 2.22. The highest BCUT2D eigenvalue weighted by Crippen LogP contribution is 2.36. The summed E-state index contributed by atoms with van der Waals surface area (Å²) >= 11 is 0. The molecule has 5 rings (SSSR count). The summed E-state index contributed by atoms with van der Waals surface area (Å²) in [6, 6.07) is 22.6. The SMILES string of the molecule is COc1ccc(-n2nnc(-c3ccnc(Oc4ccccc4)n3)c2-c2ccc(F)cc2)c(OC)c1. The third-order valence-electron chi connectivity index (χ3n) is 5.23. The molecule has 3 aromatic carbocycles. The summed E-state index contributed by atoms with van der Waals surface area (Å²) in [5, 5.41) is 8.80. The summed E-state index contributed by atoms with van der Waals surface area (Å²) in [5.41, 5.74) is 2.87. The summed E-state index contributed by atoms with van der Waals surface area (Å²) in [7, 11) is 3.14. The van der Waals surface area contributed by atoms with Gasteiger partial charge in [-0.3, -0.25) is 0 Å². The van der Waals surface area contributed by atoms with E-state index in [4.69, 9.17) is 14.2 Å². The third-order valence-corrected chi connectivity index (χ3v) is 5.23. The molecule has 35 heavy (non-hydrogen) atoms. The molecule has 2 heterocycles. The second-order valence-electron chi connectivity index (χ2n) is 7.38. The zero-order valence-corrected chi connectivity index (χ0v) is 18.9. The first-order valence-corrected chi connectivity index (χ1v) is 10.7. The van der Waals surface area contributed by atoms with Gasteiger partial charge >= 0.3 is 6.01 Å². The molecule has 5 aromatic rings. The fourth-order valence-corrected chi connectivity index (χ4v) is 3.57. The number of aromatic nitrogens is 5. The van der Waals surface area contributed by atoms with E-state index in [1.807, 2.05) is 36.4 Å². The lowest BCUT2D eigenvalue weighted by atomic mass is 10.1.